The average molecular weight is 467 g/mol. The Morgan fingerprint density at radius 1 is 1.10 bits per heavy atom. The van der Waals surface area contributed by atoms with Crippen molar-refractivity contribution in [2.24, 2.45) is 0 Å². The van der Waals surface area contributed by atoms with Crippen LogP contribution < -0.4 is 5.32 Å². The van der Waals surface area contributed by atoms with E-state index in [1.165, 1.54) is 16.7 Å². The summed E-state index contributed by atoms with van der Waals surface area (Å²) in [6.45, 7) is 8.48. The van der Waals surface area contributed by atoms with E-state index in [0.29, 0.717) is 16.6 Å². The van der Waals surface area contributed by atoms with Crippen molar-refractivity contribution in [1.29, 1.82) is 0 Å². The molecule has 2 aromatic rings. The molecular formula is C23H28Cl2N2O2S. The maximum Gasteiger partial charge on any atom is 0.242 e. The SMILES string of the molecule is CCNC(=O)[C@@H](C)N(Cc1ccc(Cl)cc1Cl)C(=O)CSCc1cc(C)cc(C)c1. The molecule has 0 radical (unpaired) electrons. The summed E-state index contributed by atoms with van der Waals surface area (Å²) in [7, 11) is 0. The Hall–Kier alpha value is -1.69. The zero-order chi connectivity index (χ0) is 22.3. The van der Waals surface area contributed by atoms with Crippen LogP contribution in [0.1, 0.15) is 36.1 Å². The number of benzene rings is 2. The molecule has 0 aromatic heterocycles. The largest absolute Gasteiger partial charge is 0.355 e. The molecule has 0 heterocycles. The molecule has 0 saturated heterocycles. The summed E-state index contributed by atoms with van der Waals surface area (Å²) < 4.78 is 0. The highest BCUT2D eigenvalue weighted by molar-refractivity contribution is 7.99. The maximum absolute atomic E-state index is 13.1. The Morgan fingerprint density at radius 2 is 1.77 bits per heavy atom. The summed E-state index contributed by atoms with van der Waals surface area (Å²) in [6.07, 6.45) is 0. The lowest BCUT2D eigenvalue weighted by atomic mass is 10.1. The summed E-state index contributed by atoms with van der Waals surface area (Å²) in [6, 6.07) is 11.0. The standard InChI is InChI=1S/C23H28Cl2N2O2S/c1-5-26-23(29)17(4)27(12-19-6-7-20(24)11-21(19)25)22(28)14-30-13-18-9-15(2)8-16(3)10-18/h6-11,17H,5,12-14H2,1-4H3,(H,26,29)/t17-/m1/s1. The molecule has 7 heteroatoms. The van der Waals surface area contributed by atoms with Crippen molar-refractivity contribution in [3.05, 3.63) is 68.7 Å². The van der Waals surface area contributed by atoms with Crippen LogP contribution >= 0.6 is 35.0 Å². The molecule has 1 N–H and O–H groups in total. The number of carbonyl (C=O) groups is 2. The number of carbonyl (C=O) groups excluding carboxylic acids is 2. The Labute approximate surface area is 193 Å². The molecule has 0 aliphatic carbocycles. The first kappa shape index (κ1) is 24.6. The van der Waals surface area contributed by atoms with Gasteiger partial charge in [0.25, 0.3) is 0 Å². The molecule has 0 fully saturated rings. The van der Waals surface area contributed by atoms with Crippen molar-refractivity contribution in [1.82, 2.24) is 10.2 Å². The van der Waals surface area contributed by atoms with Crippen LogP contribution in [0.25, 0.3) is 0 Å². The van der Waals surface area contributed by atoms with Gasteiger partial charge in [0.05, 0.1) is 5.75 Å². The highest BCUT2D eigenvalue weighted by Gasteiger charge is 2.26. The highest BCUT2D eigenvalue weighted by atomic mass is 35.5. The Kier molecular flexibility index (Phi) is 9.53. The molecule has 2 amide bonds. The summed E-state index contributed by atoms with van der Waals surface area (Å²) in [4.78, 5) is 27.1. The van der Waals surface area contributed by atoms with Crippen molar-refractivity contribution in [2.75, 3.05) is 12.3 Å². The van der Waals surface area contributed by atoms with Gasteiger partial charge in [-0.2, -0.15) is 0 Å². The fraction of sp³-hybridized carbons (Fsp3) is 0.391. The van der Waals surface area contributed by atoms with Crippen molar-refractivity contribution >= 4 is 46.8 Å². The topological polar surface area (TPSA) is 49.4 Å². The summed E-state index contributed by atoms with van der Waals surface area (Å²) in [5, 5.41) is 3.80. The molecule has 4 nitrogen and oxygen atoms in total. The number of hydrogen-bond acceptors (Lipinski definition) is 3. The van der Waals surface area contributed by atoms with Crippen LogP contribution in [0, 0.1) is 13.8 Å². The van der Waals surface area contributed by atoms with E-state index in [0.717, 1.165) is 11.3 Å². The van der Waals surface area contributed by atoms with Crippen LogP contribution in [0.4, 0.5) is 0 Å². The lowest BCUT2D eigenvalue weighted by Crippen LogP contribution is -2.48. The lowest BCUT2D eigenvalue weighted by molar-refractivity contribution is -0.138. The van der Waals surface area contributed by atoms with E-state index in [9.17, 15) is 9.59 Å². The van der Waals surface area contributed by atoms with Crippen molar-refractivity contribution in [3.8, 4) is 0 Å². The molecular weight excluding hydrogens is 439 g/mol. The second-order valence-electron chi connectivity index (χ2n) is 7.32. The van der Waals surface area contributed by atoms with Gasteiger partial charge in [0.15, 0.2) is 0 Å². The molecule has 2 rings (SSSR count). The van der Waals surface area contributed by atoms with E-state index < -0.39 is 6.04 Å². The third kappa shape index (κ3) is 7.22. The smallest absolute Gasteiger partial charge is 0.242 e. The van der Waals surface area contributed by atoms with Crippen LogP contribution in [0.5, 0.6) is 0 Å². The van der Waals surface area contributed by atoms with E-state index in [4.69, 9.17) is 23.2 Å². The first-order chi connectivity index (χ1) is 14.2. The number of nitrogens with zero attached hydrogens (tertiary/aromatic N) is 1. The molecule has 0 saturated carbocycles. The van der Waals surface area contributed by atoms with E-state index in [1.54, 1.807) is 41.8 Å². The number of aryl methyl sites for hydroxylation is 2. The Balaban J connectivity index is 2.11. The normalized spacial score (nSPS) is 11.8. The third-order valence-corrected chi connectivity index (χ3v) is 6.23. The molecule has 162 valence electrons. The van der Waals surface area contributed by atoms with Gasteiger partial charge >= 0.3 is 0 Å². The van der Waals surface area contributed by atoms with Gasteiger partial charge in [0, 0.05) is 28.9 Å². The molecule has 0 aliphatic rings. The minimum absolute atomic E-state index is 0.103. The van der Waals surface area contributed by atoms with Crippen molar-refractivity contribution < 1.29 is 9.59 Å². The molecule has 2 aromatic carbocycles. The Bertz CT molecular complexity index is 885. The minimum Gasteiger partial charge on any atom is -0.355 e. The van der Waals surface area contributed by atoms with Gasteiger partial charge in [-0.15, -0.1) is 11.8 Å². The highest BCUT2D eigenvalue weighted by Crippen LogP contribution is 2.24. The molecule has 0 aliphatic heterocycles. The first-order valence-electron chi connectivity index (χ1n) is 9.87. The molecule has 0 spiro atoms. The van der Waals surface area contributed by atoms with Gasteiger partial charge in [-0.3, -0.25) is 9.59 Å². The summed E-state index contributed by atoms with van der Waals surface area (Å²) in [5.74, 6) is 0.728. The van der Waals surface area contributed by atoms with Gasteiger partial charge in [-0.1, -0.05) is 58.6 Å². The first-order valence-corrected chi connectivity index (χ1v) is 11.8. The number of likely N-dealkylation sites (N-methyl/N-ethyl adjacent to an activating group) is 1. The fourth-order valence-corrected chi connectivity index (χ4v) is 4.54. The van der Waals surface area contributed by atoms with E-state index in [-0.39, 0.29) is 24.1 Å². The number of rotatable bonds is 9. The number of thioether (sulfide) groups is 1. The van der Waals surface area contributed by atoms with Crippen LogP contribution in [-0.4, -0.2) is 35.1 Å². The van der Waals surface area contributed by atoms with E-state index >= 15 is 0 Å². The molecule has 0 bridgehead atoms. The minimum atomic E-state index is -0.606. The second-order valence-corrected chi connectivity index (χ2v) is 9.15. The zero-order valence-corrected chi connectivity index (χ0v) is 20.1. The Morgan fingerprint density at radius 3 is 2.37 bits per heavy atom. The molecule has 1 atom stereocenters. The maximum atomic E-state index is 13.1. The predicted octanol–water partition coefficient (Wildman–Crippen LogP) is 5.40. The average Bonchev–Trinajstić information content (AvgIpc) is 2.66. The van der Waals surface area contributed by atoms with Gasteiger partial charge in [0.2, 0.25) is 11.8 Å². The van der Waals surface area contributed by atoms with Crippen LogP contribution in [0.3, 0.4) is 0 Å². The van der Waals surface area contributed by atoms with Gasteiger partial charge in [0.1, 0.15) is 6.04 Å². The van der Waals surface area contributed by atoms with Crippen LogP contribution in [0.15, 0.2) is 36.4 Å². The second kappa shape index (κ2) is 11.6. The van der Waals surface area contributed by atoms with Gasteiger partial charge < -0.3 is 10.2 Å². The van der Waals surface area contributed by atoms with Crippen molar-refractivity contribution in [2.45, 2.75) is 46.0 Å². The summed E-state index contributed by atoms with van der Waals surface area (Å²) in [5.41, 5.74) is 4.36. The van der Waals surface area contributed by atoms with Crippen LogP contribution in [-0.2, 0) is 21.9 Å². The molecule has 30 heavy (non-hydrogen) atoms. The number of amides is 2. The van der Waals surface area contributed by atoms with Crippen molar-refractivity contribution in [3.63, 3.8) is 0 Å². The van der Waals surface area contributed by atoms with Gasteiger partial charge in [-0.25, -0.2) is 0 Å². The third-order valence-electron chi connectivity index (χ3n) is 4.65. The zero-order valence-electron chi connectivity index (χ0n) is 17.8. The fourth-order valence-electron chi connectivity index (χ4n) is 3.23. The van der Waals surface area contributed by atoms with Gasteiger partial charge in [-0.05, 0) is 51.0 Å². The predicted molar refractivity (Wildman–Crippen MR) is 127 cm³/mol. The summed E-state index contributed by atoms with van der Waals surface area (Å²) >= 11 is 13.8. The van der Waals surface area contributed by atoms with E-state index in [2.05, 4.69) is 37.4 Å². The number of hydrogen-bond donors (Lipinski definition) is 1. The lowest BCUT2D eigenvalue weighted by Gasteiger charge is -2.29. The molecule has 0 unspecified atom stereocenters. The number of nitrogens with one attached hydrogen (secondary N) is 1. The quantitative estimate of drug-likeness (QED) is 0.538. The van der Waals surface area contributed by atoms with Crippen LogP contribution in [0.2, 0.25) is 10.0 Å². The van der Waals surface area contributed by atoms with E-state index in [1.807, 2.05) is 6.92 Å². The number of halogens is 2. The monoisotopic (exact) mass is 466 g/mol.